The van der Waals surface area contributed by atoms with Crippen LogP contribution in [0, 0.1) is 0 Å². The molecule has 140 valence electrons. The van der Waals surface area contributed by atoms with Gasteiger partial charge in [0, 0.05) is 25.2 Å². The third-order valence-electron chi connectivity index (χ3n) is 3.65. The highest BCUT2D eigenvalue weighted by atomic mass is 35.5. The molecule has 0 aliphatic heterocycles. The van der Waals surface area contributed by atoms with Crippen LogP contribution in [-0.4, -0.2) is 25.5 Å². The van der Waals surface area contributed by atoms with E-state index in [1.54, 1.807) is 31.3 Å². The van der Waals surface area contributed by atoms with Crippen molar-refractivity contribution in [2.75, 3.05) is 19.0 Å². The Morgan fingerprint density at radius 1 is 1.04 bits per heavy atom. The topological polar surface area (TPSA) is 93.5 Å². The Kier molecular flexibility index (Phi) is 9.19. The Morgan fingerprint density at radius 3 is 2.31 bits per heavy atom. The second-order valence-corrected chi connectivity index (χ2v) is 5.57. The fourth-order valence-corrected chi connectivity index (χ4v) is 2.25. The van der Waals surface area contributed by atoms with Crippen LogP contribution in [0.15, 0.2) is 54.6 Å². The highest BCUT2D eigenvalue weighted by molar-refractivity contribution is 5.91. The first-order valence-corrected chi connectivity index (χ1v) is 8.12. The van der Waals surface area contributed by atoms with E-state index in [-0.39, 0.29) is 36.7 Å². The van der Waals surface area contributed by atoms with Gasteiger partial charge in [0.2, 0.25) is 11.8 Å². The largest absolute Gasteiger partial charge is 0.493 e. The SMILES string of the molecule is CNC(=O)CCOc1ccc(NC(=O)CC(N)c2ccccc2)cc1.Cl. The third-order valence-corrected chi connectivity index (χ3v) is 3.65. The summed E-state index contributed by atoms with van der Waals surface area (Å²) in [4.78, 5) is 23.2. The molecule has 26 heavy (non-hydrogen) atoms. The number of rotatable bonds is 8. The number of nitrogens with one attached hydrogen (secondary N) is 2. The van der Waals surface area contributed by atoms with Crippen LogP contribution in [0.3, 0.4) is 0 Å². The van der Waals surface area contributed by atoms with Gasteiger partial charge < -0.3 is 21.1 Å². The van der Waals surface area contributed by atoms with Gasteiger partial charge in [0.15, 0.2) is 0 Å². The maximum absolute atomic E-state index is 12.1. The first-order chi connectivity index (χ1) is 12.1. The van der Waals surface area contributed by atoms with Crippen molar-refractivity contribution in [3.05, 3.63) is 60.2 Å². The Balaban J connectivity index is 0.00000338. The van der Waals surface area contributed by atoms with E-state index in [4.69, 9.17) is 10.5 Å². The number of hydrogen-bond donors (Lipinski definition) is 3. The molecule has 0 aromatic heterocycles. The van der Waals surface area contributed by atoms with E-state index in [1.165, 1.54) is 0 Å². The summed E-state index contributed by atoms with van der Waals surface area (Å²) in [6.07, 6.45) is 0.501. The van der Waals surface area contributed by atoms with Crippen molar-refractivity contribution in [2.45, 2.75) is 18.9 Å². The van der Waals surface area contributed by atoms with Crippen molar-refractivity contribution in [3.63, 3.8) is 0 Å². The molecule has 0 fully saturated rings. The van der Waals surface area contributed by atoms with Crippen molar-refractivity contribution < 1.29 is 14.3 Å². The molecule has 1 unspecified atom stereocenters. The van der Waals surface area contributed by atoms with Crippen molar-refractivity contribution >= 4 is 29.9 Å². The fourth-order valence-electron chi connectivity index (χ4n) is 2.25. The summed E-state index contributed by atoms with van der Waals surface area (Å²) in [5.74, 6) is 0.422. The molecule has 2 aromatic carbocycles. The molecule has 6 nitrogen and oxygen atoms in total. The summed E-state index contributed by atoms with van der Waals surface area (Å²) >= 11 is 0. The number of carbonyl (C=O) groups excluding carboxylic acids is 2. The average molecular weight is 378 g/mol. The molecule has 7 heteroatoms. The van der Waals surface area contributed by atoms with Crippen LogP contribution in [0.5, 0.6) is 5.75 Å². The van der Waals surface area contributed by atoms with Gasteiger partial charge in [-0.25, -0.2) is 0 Å². The van der Waals surface area contributed by atoms with Crippen molar-refractivity contribution in [1.82, 2.24) is 5.32 Å². The van der Waals surface area contributed by atoms with Crippen LogP contribution in [0.2, 0.25) is 0 Å². The van der Waals surface area contributed by atoms with Gasteiger partial charge in [0.1, 0.15) is 5.75 Å². The lowest BCUT2D eigenvalue weighted by Gasteiger charge is -2.12. The van der Waals surface area contributed by atoms with Gasteiger partial charge >= 0.3 is 0 Å². The van der Waals surface area contributed by atoms with Crippen LogP contribution in [0.1, 0.15) is 24.4 Å². The van der Waals surface area contributed by atoms with E-state index in [0.29, 0.717) is 24.5 Å². The van der Waals surface area contributed by atoms with Crippen LogP contribution in [-0.2, 0) is 9.59 Å². The average Bonchev–Trinajstić information content (AvgIpc) is 2.63. The minimum atomic E-state index is -0.339. The number of nitrogens with two attached hydrogens (primary N) is 1. The quantitative estimate of drug-likeness (QED) is 0.659. The molecule has 0 heterocycles. The predicted octanol–water partition coefficient (Wildman–Crippen LogP) is 2.65. The third kappa shape index (κ3) is 7.13. The number of amides is 2. The summed E-state index contributed by atoms with van der Waals surface area (Å²) in [6.45, 7) is 0.303. The van der Waals surface area contributed by atoms with E-state index >= 15 is 0 Å². The molecular weight excluding hydrogens is 354 g/mol. The molecule has 4 N–H and O–H groups in total. The second kappa shape index (κ2) is 11.1. The fraction of sp³-hybridized carbons (Fsp3) is 0.263. The number of benzene rings is 2. The maximum atomic E-state index is 12.1. The second-order valence-electron chi connectivity index (χ2n) is 5.57. The lowest BCUT2D eigenvalue weighted by Crippen LogP contribution is -2.20. The monoisotopic (exact) mass is 377 g/mol. The molecule has 0 saturated carbocycles. The minimum Gasteiger partial charge on any atom is -0.493 e. The van der Waals surface area contributed by atoms with Gasteiger partial charge in [-0.05, 0) is 29.8 Å². The Hall–Kier alpha value is -2.57. The summed E-state index contributed by atoms with van der Waals surface area (Å²) in [5, 5.41) is 5.35. The molecule has 0 saturated heterocycles. The van der Waals surface area contributed by atoms with Crippen LogP contribution < -0.4 is 21.1 Å². The molecule has 2 rings (SSSR count). The zero-order valence-corrected chi connectivity index (χ0v) is 15.4. The molecule has 0 aliphatic carbocycles. The van der Waals surface area contributed by atoms with Gasteiger partial charge in [-0.15, -0.1) is 12.4 Å². The van der Waals surface area contributed by atoms with Gasteiger partial charge in [-0.1, -0.05) is 30.3 Å². The number of hydrogen-bond acceptors (Lipinski definition) is 4. The van der Waals surface area contributed by atoms with Gasteiger partial charge in [0.25, 0.3) is 0 Å². The van der Waals surface area contributed by atoms with Gasteiger partial charge in [-0.3, -0.25) is 9.59 Å². The van der Waals surface area contributed by atoms with Crippen molar-refractivity contribution in [3.8, 4) is 5.75 Å². The van der Waals surface area contributed by atoms with Crippen LogP contribution >= 0.6 is 12.4 Å². The standard InChI is InChI=1S/C19H23N3O3.ClH/c1-21-18(23)11-12-25-16-9-7-15(8-10-16)22-19(24)13-17(20)14-5-3-2-4-6-14;/h2-10,17H,11-13,20H2,1H3,(H,21,23)(H,22,24);1H. The van der Waals surface area contributed by atoms with Crippen molar-refractivity contribution in [2.24, 2.45) is 5.73 Å². The van der Waals surface area contributed by atoms with E-state index in [0.717, 1.165) is 5.56 Å². The minimum absolute atomic E-state index is 0. The Bertz CT molecular complexity index is 693. The molecular formula is C19H24ClN3O3. The normalized spacial score (nSPS) is 11.0. The van der Waals surface area contributed by atoms with Crippen molar-refractivity contribution in [1.29, 1.82) is 0 Å². The smallest absolute Gasteiger partial charge is 0.226 e. The number of carbonyl (C=O) groups is 2. The lowest BCUT2D eigenvalue weighted by atomic mass is 10.0. The van der Waals surface area contributed by atoms with Gasteiger partial charge in [0.05, 0.1) is 13.0 Å². The zero-order valence-electron chi connectivity index (χ0n) is 14.6. The zero-order chi connectivity index (χ0) is 18.1. The van der Waals surface area contributed by atoms with E-state index in [1.807, 2.05) is 30.3 Å². The predicted molar refractivity (Wildman–Crippen MR) is 104 cm³/mol. The molecule has 1 atom stereocenters. The molecule has 2 amide bonds. The molecule has 0 bridgehead atoms. The molecule has 2 aromatic rings. The highest BCUT2D eigenvalue weighted by Crippen LogP contribution is 2.18. The Morgan fingerprint density at radius 2 is 1.69 bits per heavy atom. The van der Waals surface area contributed by atoms with E-state index in [9.17, 15) is 9.59 Å². The van der Waals surface area contributed by atoms with Gasteiger partial charge in [-0.2, -0.15) is 0 Å². The summed E-state index contributed by atoms with van der Waals surface area (Å²) in [6, 6.07) is 16.2. The molecule has 0 spiro atoms. The highest BCUT2D eigenvalue weighted by Gasteiger charge is 2.11. The summed E-state index contributed by atoms with van der Waals surface area (Å²) in [5.41, 5.74) is 7.65. The molecule has 0 aliphatic rings. The van der Waals surface area contributed by atoms with E-state index in [2.05, 4.69) is 10.6 Å². The summed E-state index contributed by atoms with van der Waals surface area (Å²) in [7, 11) is 1.59. The van der Waals surface area contributed by atoms with Crippen LogP contribution in [0.4, 0.5) is 5.69 Å². The molecule has 0 radical (unpaired) electrons. The maximum Gasteiger partial charge on any atom is 0.226 e. The Labute approximate surface area is 159 Å². The number of anilines is 1. The first kappa shape index (κ1) is 21.5. The number of ether oxygens (including phenoxy) is 1. The van der Waals surface area contributed by atoms with Crippen LogP contribution in [0.25, 0.3) is 0 Å². The number of halogens is 1. The van der Waals surface area contributed by atoms with E-state index < -0.39 is 0 Å². The first-order valence-electron chi connectivity index (χ1n) is 8.12. The summed E-state index contributed by atoms with van der Waals surface area (Å²) < 4.78 is 5.47. The lowest BCUT2D eigenvalue weighted by molar-refractivity contribution is -0.121.